The van der Waals surface area contributed by atoms with Crippen LogP contribution in [0.4, 0.5) is 27.6 Å². The van der Waals surface area contributed by atoms with Crippen LogP contribution in [0.25, 0.3) is 0 Å². The Kier molecular flexibility index (Phi) is 5.74. The predicted molar refractivity (Wildman–Crippen MR) is 99.0 cm³/mol. The standard InChI is InChI=1S/C20H18F5N3O3/c1-9-15(10-3-4-12(21)13(22)7-10)16(31-19(9,2)20(23,24)25)18(30)28-11-5-6-27-14(8-11)17(26)29/h3-9,15-16H,1-2H3,(H2,26,29)(H,27,28,30)/t9-,15-,16+,19-/m0/s1. The van der Waals surface area contributed by atoms with Gasteiger partial charge in [0.25, 0.3) is 11.8 Å². The number of nitrogens with zero attached hydrogens (tertiary/aromatic N) is 1. The molecule has 2 aromatic rings. The Morgan fingerprint density at radius 3 is 2.42 bits per heavy atom. The number of halogens is 5. The van der Waals surface area contributed by atoms with Gasteiger partial charge in [0, 0.05) is 23.7 Å². The number of rotatable bonds is 4. The Labute approximate surface area is 173 Å². The minimum absolute atomic E-state index is 0.0212. The van der Waals surface area contributed by atoms with Gasteiger partial charge >= 0.3 is 6.18 Å². The Hall–Kier alpha value is -3.08. The highest BCUT2D eigenvalue weighted by atomic mass is 19.4. The summed E-state index contributed by atoms with van der Waals surface area (Å²) in [7, 11) is 0. The number of hydrogen-bond donors (Lipinski definition) is 2. The van der Waals surface area contributed by atoms with Crippen LogP contribution in [0.15, 0.2) is 36.5 Å². The Morgan fingerprint density at radius 2 is 1.84 bits per heavy atom. The van der Waals surface area contributed by atoms with Gasteiger partial charge in [-0.25, -0.2) is 8.78 Å². The second kappa shape index (κ2) is 7.88. The topological polar surface area (TPSA) is 94.3 Å². The highest BCUT2D eigenvalue weighted by Crippen LogP contribution is 2.53. The fraction of sp³-hybridized carbons (Fsp3) is 0.350. The van der Waals surface area contributed by atoms with Crippen LogP contribution in [0.1, 0.15) is 35.8 Å². The molecule has 1 saturated heterocycles. The molecule has 2 amide bonds. The molecular formula is C20H18F5N3O3. The van der Waals surface area contributed by atoms with Crippen LogP contribution in [0.2, 0.25) is 0 Å². The van der Waals surface area contributed by atoms with E-state index in [0.717, 1.165) is 31.2 Å². The van der Waals surface area contributed by atoms with Gasteiger partial charge < -0.3 is 15.8 Å². The molecule has 0 aliphatic carbocycles. The average molecular weight is 443 g/mol. The molecule has 2 heterocycles. The van der Waals surface area contributed by atoms with E-state index >= 15 is 0 Å². The normalized spacial score (nSPS) is 26.0. The molecule has 1 fully saturated rings. The number of carbonyl (C=O) groups is 2. The number of nitrogens with one attached hydrogen (secondary N) is 1. The summed E-state index contributed by atoms with van der Waals surface area (Å²) in [5.41, 5.74) is 2.27. The van der Waals surface area contributed by atoms with E-state index in [-0.39, 0.29) is 16.9 Å². The molecule has 1 aromatic heterocycles. The summed E-state index contributed by atoms with van der Waals surface area (Å²) in [6.07, 6.45) is -5.34. The lowest BCUT2D eigenvalue weighted by Gasteiger charge is -2.31. The number of nitrogens with two attached hydrogens (primary N) is 1. The second-order valence-electron chi connectivity index (χ2n) is 7.41. The Morgan fingerprint density at radius 1 is 1.16 bits per heavy atom. The van der Waals surface area contributed by atoms with Gasteiger partial charge in [-0.15, -0.1) is 0 Å². The average Bonchev–Trinajstić information content (AvgIpc) is 2.96. The van der Waals surface area contributed by atoms with Gasteiger partial charge in [-0.3, -0.25) is 14.6 Å². The molecule has 4 atom stereocenters. The molecule has 6 nitrogen and oxygen atoms in total. The Bertz CT molecular complexity index is 1030. The summed E-state index contributed by atoms with van der Waals surface area (Å²) in [5.74, 6) is -6.82. The third-order valence-electron chi connectivity index (χ3n) is 5.54. The molecule has 11 heteroatoms. The minimum atomic E-state index is -4.84. The summed E-state index contributed by atoms with van der Waals surface area (Å²) in [4.78, 5) is 27.9. The van der Waals surface area contributed by atoms with Gasteiger partial charge in [-0.2, -0.15) is 13.2 Å². The number of pyridine rings is 1. The first kappa shape index (κ1) is 22.6. The lowest BCUT2D eigenvalue weighted by atomic mass is 9.77. The SMILES string of the molecule is C[C@H]1[C@@H](c2ccc(F)c(F)c2)[C@H](C(=O)Nc2ccnc(C(N)=O)c2)O[C@]1(C)C(F)(F)F. The molecule has 1 aliphatic rings. The van der Waals surface area contributed by atoms with E-state index in [1.807, 2.05) is 0 Å². The van der Waals surface area contributed by atoms with Crippen molar-refractivity contribution in [1.82, 2.24) is 4.98 Å². The van der Waals surface area contributed by atoms with Crippen LogP contribution in [-0.4, -0.2) is 34.7 Å². The monoisotopic (exact) mass is 443 g/mol. The largest absolute Gasteiger partial charge is 0.417 e. The van der Waals surface area contributed by atoms with Crippen LogP contribution < -0.4 is 11.1 Å². The van der Waals surface area contributed by atoms with Crippen LogP contribution in [-0.2, 0) is 9.53 Å². The van der Waals surface area contributed by atoms with Crippen molar-refractivity contribution < 1.29 is 36.3 Å². The molecular weight excluding hydrogens is 425 g/mol. The molecule has 0 bridgehead atoms. The zero-order valence-electron chi connectivity index (χ0n) is 16.3. The number of primary amides is 1. The first-order valence-electron chi connectivity index (χ1n) is 9.11. The van der Waals surface area contributed by atoms with Crippen LogP contribution in [0.3, 0.4) is 0 Å². The molecule has 1 aliphatic heterocycles. The molecule has 0 unspecified atom stereocenters. The number of benzene rings is 1. The highest BCUT2D eigenvalue weighted by Gasteiger charge is 2.65. The smallest absolute Gasteiger partial charge is 0.364 e. The molecule has 166 valence electrons. The van der Waals surface area contributed by atoms with Crippen molar-refractivity contribution in [1.29, 1.82) is 0 Å². The van der Waals surface area contributed by atoms with Crippen molar-refractivity contribution in [3.05, 3.63) is 59.4 Å². The van der Waals surface area contributed by atoms with Crippen molar-refractivity contribution in [2.45, 2.75) is 37.6 Å². The van der Waals surface area contributed by atoms with E-state index in [0.29, 0.717) is 0 Å². The van der Waals surface area contributed by atoms with Crippen molar-refractivity contribution in [2.75, 3.05) is 5.32 Å². The zero-order chi connectivity index (χ0) is 23.1. The van der Waals surface area contributed by atoms with Gasteiger partial charge in [-0.1, -0.05) is 13.0 Å². The number of ether oxygens (including phenoxy) is 1. The summed E-state index contributed by atoms with van der Waals surface area (Å²) in [6, 6.07) is 5.09. The fourth-order valence-corrected chi connectivity index (χ4v) is 3.63. The summed E-state index contributed by atoms with van der Waals surface area (Å²) in [5, 5.41) is 2.37. The van der Waals surface area contributed by atoms with Crippen molar-refractivity contribution in [3.8, 4) is 0 Å². The first-order valence-corrected chi connectivity index (χ1v) is 9.11. The van der Waals surface area contributed by atoms with Crippen LogP contribution in [0.5, 0.6) is 0 Å². The van der Waals surface area contributed by atoms with Crippen molar-refractivity contribution in [3.63, 3.8) is 0 Å². The van der Waals surface area contributed by atoms with Gasteiger partial charge in [0.1, 0.15) is 11.8 Å². The Balaban J connectivity index is 2.00. The maximum absolute atomic E-state index is 13.8. The van der Waals surface area contributed by atoms with Gasteiger partial charge in [0.05, 0.1) is 0 Å². The first-order chi connectivity index (χ1) is 14.3. The van der Waals surface area contributed by atoms with E-state index < -0.39 is 53.2 Å². The highest BCUT2D eigenvalue weighted by molar-refractivity contribution is 5.97. The van der Waals surface area contributed by atoms with Crippen molar-refractivity contribution in [2.24, 2.45) is 11.7 Å². The van der Waals surface area contributed by atoms with Gasteiger partial charge in [-0.05, 0) is 36.8 Å². The number of aromatic nitrogens is 1. The number of amides is 2. The molecule has 31 heavy (non-hydrogen) atoms. The molecule has 1 aromatic carbocycles. The number of carbonyl (C=O) groups excluding carboxylic acids is 2. The van der Waals surface area contributed by atoms with E-state index in [2.05, 4.69) is 10.3 Å². The third-order valence-corrected chi connectivity index (χ3v) is 5.54. The van der Waals surface area contributed by atoms with Crippen LogP contribution >= 0.6 is 0 Å². The summed E-state index contributed by atoms with van der Waals surface area (Å²) in [6.45, 7) is 2.03. The molecule has 3 rings (SSSR count). The maximum atomic E-state index is 13.8. The lowest BCUT2D eigenvalue weighted by Crippen LogP contribution is -2.47. The van der Waals surface area contributed by atoms with Gasteiger partial charge in [0.2, 0.25) is 0 Å². The maximum Gasteiger partial charge on any atom is 0.417 e. The van der Waals surface area contributed by atoms with Crippen molar-refractivity contribution >= 4 is 17.5 Å². The molecule has 3 N–H and O–H groups in total. The lowest BCUT2D eigenvalue weighted by molar-refractivity contribution is -0.272. The number of hydrogen-bond acceptors (Lipinski definition) is 4. The van der Waals surface area contributed by atoms with E-state index in [4.69, 9.17) is 10.5 Å². The number of anilines is 1. The van der Waals surface area contributed by atoms with Crippen LogP contribution in [0, 0.1) is 17.6 Å². The number of alkyl halides is 3. The minimum Gasteiger partial charge on any atom is -0.364 e. The molecule has 0 radical (unpaired) electrons. The quantitative estimate of drug-likeness (QED) is 0.707. The van der Waals surface area contributed by atoms with E-state index in [9.17, 15) is 31.5 Å². The van der Waals surface area contributed by atoms with E-state index in [1.165, 1.54) is 19.2 Å². The summed E-state index contributed by atoms with van der Waals surface area (Å²) >= 11 is 0. The fourth-order valence-electron chi connectivity index (χ4n) is 3.63. The second-order valence-corrected chi connectivity index (χ2v) is 7.41. The molecule has 0 spiro atoms. The van der Waals surface area contributed by atoms with Gasteiger partial charge in [0.15, 0.2) is 17.2 Å². The molecule has 0 saturated carbocycles. The predicted octanol–water partition coefficient (Wildman–Crippen LogP) is 3.54. The summed E-state index contributed by atoms with van der Waals surface area (Å²) < 4.78 is 73.7. The zero-order valence-corrected chi connectivity index (χ0v) is 16.3. The third kappa shape index (κ3) is 4.09. The van der Waals surface area contributed by atoms with E-state index in [1.54, 1.807) is 0 Å².